The minimum Gasteiger partial charge on any atom is -0.465 e. The number of amides is 2. The minimum atomic E-state index is -1.33. The molecule has 0 bridgehead atoms. The van der Waals surface area contributed by atoms with E-state index in [1.54, 1.807) is 11.0 Å². The number of allylic oxidation sites excluding steroid dienone is 1. The highest BCUT2D eigenvalue weighted by molar-refractivity contribution is 6.06. The van der Waals surface area contributed by atoms with Gasteiger partial charge in [-0.1, -0.05) is 54.6 Å². The SMILES string of the molecule is O=C1OCCCC/C=C\[C@H]2O[C@]34C=CCN(c5ccc6ccccc6c5)C(=O)C3N(CCO)C(=O)[C@@H]4[C@@H]12. The van der Waals surface area contributed by atoms with Gasteiger partial charge in [-0.3, -0.25) is 14.4 Å². The van der Waals surface area contributed by atoms with Crippen LogP contribution in [0.15, 0.2) is 66.8 Å². The second-order valence-corrected chi connectivity index (χ2v) is 10.1. The molecule has 0 saturated carbocycles. The molecule has 0 radical (unpaired) electrons. The molecule has 4 aliphatic heterocycles. The Morgan fingerprint density at radius 2 is 1.84 bits per heavy atom. The van der Waals surface area contributed by atoms with Crippen LogP contribution in [0.5, 0.6) is 0 Å². The molecule has 2 aromatic rings. The fraction of sp³-hybridized carbons (Fsp3) is 0.414. The average Bonchev–Trinajstić information content (AvgIpc) is 3.28. The molecule has 192 valence electrons. The van der Waals surface area contributed by atoms with Crippen molar-refractivity contribution in [3.63, 3.8) is 0 Å². The van der Waals surface area contributed by atoms with E-state index >= 15 is 0 Å². The monoisotopic (exact) mass is 502 g/mol. The number of β-amino-alcohol motifs (C(OH)–C–C–N with tert-alkyl or cyclic N) is 1. The zero-order valence-corrected chi connectivity index (χ0v) is 20.5. The van der Waals surface area contributed by atoms with Crippen LogP contribution in [-0.4, -0.2) is 71.8 Å². The summed E-state index contributed by atoms with van der Waals surface area (Å²) in [6.45, 7) is 0.245. The number of ether oxygens (including phenoxy) is 2. The van der Waals surface area contributed by atoms with Crippen LogP contribution in [0.3, 0.4) is 0 Å². The third kappa shape index (κ3) is 3.78. The van der Waals surface area contributed by atoms with E-state index in [2.05, 4.69) is 0 Å². The topological polar surface area (TPSA) is 96.4 Å². The van der Waals surface area contributed by atoms with Gasteiger partial charge in [0.1, 0.15) is 17.6 Å². The number of benzene rings is 2. The number of hydrogen-bond acceptors (Lipinski definition) is 6. The molecule has 8 heteroatoms. The number of carbonyl (C=O) groups is 3. The lowest BCUT2D eigenvalue weighted by molar-refractivity contribution is -0.154. The minimum absolute atomic E-state index is 0.0292. The van der Waals surface area contributed by atoms with Crippen molar-refractivity contribution in [2.24, 2.45) is 11.8 Å². The number of fused-ring (bicyclic) bond motifs is 3. The molecular weight excluding hydrogens is 472 g/mol. The van der Waals surface area contributed by atoms with Crippen LogP contribution in [-0.2, 0) is 23.9 Å². The van der Waals surface area contributed by atoms with Crippen LogP contribution < -0.4 is 4.90 Å². The van der Waals surface area contributed by atoms with Gasteiger partial charge in [0.25, 0.3) is 5.91 Å². The van der Waals surface area contributed by atoms with Crippen molar-refractivity contribution in [3.8, 4) is 0 Å². The molecule has 2 fully saturated rings. The predicted molar refractivity (Wildman–Crippen MR) is 137 cm³/mol. The van der Waals surface area contributed by atoms with E-state index in [0.717, 1.165) is 30.0 Å². The first-order chi connectivity index (χ1) is 18.0. The van der Waals surface area contributed by atoms with Crippen LogP contribution in [0.2, 0.25) is 0 Å². The summed E-state index contributed by atoms with van der Waals surface area (Å²) in [7, 11) is 0. The van der Waals surface area contributed by atoms with Crippen LogP contribution >= 0.6 is 0 Å². The number of carbonyl (C=O) groups excluding carboxylic acids is 3. The van der Waals surface area contributed by atoms with E-state index in [0.29, 0.717) is 12.2 Å². The summed E-state index contributed by atoms with van der Waals surface area (Å²) in [4.78, 5) is 44.4. The molecule has 4 heterocycles. The van der Waals surface area contributed by atoms with Gasteiger partial charge < -0.3 is 24.4 Å². The van der Waals surface area contributed by atoms with Crippen molar-refractivity contribution in [1.82, 2.24) is 4.90 Å². The third-order valence-electron chi connectivity index (χ3n) is 7.99. The van der Waals surface area contributed by atoms with Crippen molar-refractivity contribution in [2.45, 2.75) is 37.0 Å². The van der Waals surface area contributed by atoms with Crippen LogP contribution in [0.4, 0.5) is 5.69 Å². The Morgan fingerprint density at radius 1 is 1.00 bits per heavy atom. The molecule has 2 amide bonds. The number of aliphatic hydroxyl groups is 1. The van der Waals surface area contributed by atoms with E-state index < -0.39 is 35.6 Å². The Balaban J connectivity index is 1.44. The molecule has 1 N–H and O–H groups in total. The molecule has 8 nitrogen and oxygen atoms in total. The maximum Gasteiger partial charge on any atom is 0.312 e. The predicted octanol–water partition coefficient (Wildman–Crippen LogP) is 2.60. The summed E-state index contributed by atoms with van der Waals surface area (Å²) in [5.74, 6) is -2.93. The fourth-order valence-corrected chi connectivity index (χ4v) is 6.34. The normalized spacial score (nSPS) is 32.5. The number of likely N-dealkylation sites (tertiary alicyclic amines) is 1. The van der Waals surface area contributed by atoms with Gasteiger partial charge in [-0.05, 0) is 42.2 Å². The summed E-state index contributed by atoms with van der Waals surface area (Å²) in [5, 5.41) is 11.9. The van der Waals surface area contributed by atoms with E-state index in [-0.39, 0.29) is 31.6 Å². The van der Waals surface area contributed by atoms with E-state index in [1.165, 1.54) is 4.90 Å². The van der Waals surface area contributed by atoms with Crippen LogP contribution in [0.25, 0.3) is 10.8 Å². The van der Waals surface area contributed by atoms with Crippen LogP contribution in [0.1, 0.15) is 19.3 Å². The number of esters is 1. The molecule has 37 heavy (non-hydrogen) atoms. The Hall–Kier alpha value is -3.49. The zero-order chi connectivity index (χ0) is 25.6. The lowest BCUT2D eigenvalue weighted by Gasteiger charge is -2.35. The number of nitrogens with zero attached hydrogens (tertiary/aromatic N) is 2. The molecule has 0 aromatic heterocycles. The molecule has 6 rings (SSSR count). The molecule has 0 aliphatic carbocycles. The first-order valence-electron chi connectivity index (χ1n) is 13.0. The largest absolute Gasteiger partial charge is 0.465 e. The molecule has 2 saturated heterocycles. The summed E-state index contributed by atoms with van der Waals surface area (Å²) in [5.41, 5.74) is -0.622. The number of anilines is 1. The van der Waals surface area contributed by atoms with Crippen molar-refractivity contribution in [3.05, 3.63) is 66.8 Å². The molecular formula is C29H30N2O6. The highest BCUT2D eigenvalue weighted by Gasteiger charge is 2.71. The van der Waals surface area contributed by atoms with Crippen molar-refractivity contribution >= 4 is 34.2 Å². The van der Waals surface area contributed by atoms with Gasteiger partial charge in [-0.2, -0.15) is 0 Å². The van der Waals surface area contributed by atoms with Gasteiger partial charge in [-0.15, -0.1) is 0 Å². The van der Waals surface area contributed by atoms with Crippen molar-refractivity contribution in [1.29, 1.82) is 0 Å². The number of cyclic esters (lactones) is 1. The van der Waals surface area contributed by atoms with Gasteiger partial charge in [0.2, 0.25) is 5.91 Å². The van der Waals surface area contributed by atoms with E-state index in [1.807, 2.05) is 60.7 Å². The standard InChI is InChI=1S/C29H30N2O6/c32-16-15-31-25-27(34)30(21-12-11-19-8-4-5-9-20(19)18-21)14-7-13-29(25)24(26(31)33)23-22(37-29)10-3-1-2-6-17-36-28(23)35/h3-5,7-13,18,22-25,32H,1-2,6,14-17H2/b10-3-/t22-,23+,24+,25?,29+/m1/s1. The molecule has 1 unspecified atom stereocenters. The smallest absolute Gasteiger partial charge is 0.312 e. The highest BCUT2D eigenvalue weighted by Crippen LogP contribution is 2.53. The molecule has 1 spiro atoms. The van der Waals surface area contributed by atoms with Gasteiger partial charge in [0, 0.05) is 18.8 Å². The number of rotatable bonds is 3. The van der Waals surface area contributed by atoms with Gasteiger partial charge in [0.15, 0.2) is 0 Å². The van der Waals surface area contributed by atoms with Gasteiger partial charge in [0.05, 0.1) is 25.2 Å². The number of aliphatic hydroxyl groups excluding tert-OH is 1. The third-order valence-corrected chi connectivity index (χ3v) is 7.99. The molecule has 4 aliphatic rings. The molecule has 5 atom stereocenters. The van der Waals surface area contributed by atoms with Gasteiger partial charge in [-0.25, -0.2) is 0 Å². The maximum atomic E-state index is 14.3. The van der Waals surface area contributed by atoms with E-state index in [4.69, 9.17) is 9.47 Å². The average molecular weight is 503 g/mol. The van der Waals surface area contributed by atoms with Crippen molar-refractivity contribution < 1.29 is 29.0 Å². The Kier molecular flexibility index (Phi) is 6.09. The Morgan fingerprint density at radius 3 is 2.68 bits per heavy atom. The molecule has 2 aromatic carbocycles. The first kappa shape index (κ1) is 23.9. The van der Waals surface area contributed by atoms with Crippen molar-refractivity contribution in [2.75, 3.05) is 31.2 Å². The first-order valence-corrected chi connectivity index (χ1v) is 13.0. The second-order valence-electron chi connectivity index (χ2n) is 10.1. The lowest BCUT2D eigenvalue weighted by Crippen LogP contribution is -2.55. The number of hydrogen-bond donors (Lipinski definition) is 1. The quantitative estimate of drug-likeness (QED) is 0.512. The summed E-state index contributed by atoms with van der Waals surface area (Å²) >= 11 is 0. The second kappa shape index (κ2) is 9.43. The van der Waals surface area contributed by atoms with E-state index in [9.17, 15) is 19.5 Å². The zero-order valence-electron chi connectivity index (χ0n) is 20.5. The summed E-state index contributed by atoms with van der Waals surface area (Å²) in [6.07, 6.45) is 9.25. The lowest BCUT2D eigenvalue weighted by atomic mass is 9.78. The maximum absolute atomic E-state index is 14.3. The summed E-state index contributed by atoms with van der Waals surface area (Å²) in [6, 6.07) is 12.7. The Bertz CT molecular complexity index is 1300. The van der Waals surface area contributed by atoms with Gasteiger partial charge >= 0.3 is 5.97 Å². The highest BCUT2D eigenvalue weighted by atomic mass is 16.6. The van der Waals surface area contributed by atoms with Crippen LogP contribution in [0, 0.1) is 11.8 Å². The summed E-state index contributed by atoms with van der Waals surface area (Å²) < 4.78 is 12.1. The fourth-order valence-electron chi connectivity index (χ4n) is 6.34. The Labute approximate surface area is 215 Å².